The number of aromatic nitrogens is 1. The third-order valence-corrected chi connectivity index (χ3v) is 7.67. The first-order valence-corrected chi connectivity index (χ1v) is 15.6. The largest absolute Gasteiger partial charge is 0.449 e. The van der Waals surface area contributed by atoms with Crippen molar-refractivity contribution in [1.82, 2.24) is 20.1 Å². The highest BCUT2D eigenvalue weighted by atomic mass is 31.2. The molecule has 0 aliphatic carbocycles. The van der Waals surface area contributed by atoms with Gasteiger partial charge in [-0.2, -0.15) is 0 Å². The molecule has 1 aliphatic heterocycles. The zero-order valence-corrected chi connectivity index (χ0v) is 24.3. The highest BCUT2D eigenvalue weighted by Gasteiger charge is 2.35. The molecule has 0 saturated carbocycles. The Bertz CT molecular complexity index is 1370. The highest BCUT2D eigenvalue weighted by Crippen LogP contribution is 2.35. The van der Waals surface area contributed by atoms with Crippen LogP contribution in [0.25, 0.3) is 22.4 Å². The molecular weight excluding hydrogens is 559 g/mol. The zero-order chi connectivity index (χ0) is 30.1. The Hall–Kier alpha value is -4.05. The van der Waals surface area contributed by atoms with Crippen LogP contribution in [-0.4, -0.2) is 87.5 Å². The van der Waals surface area contributed by atoms with Gasteiger partial charge in [-0.1, -0.05) is 74.0 Å². The maximum atomic E-state index is 13.5. The van der Waals surface area contributed by atoms with Gasteiger partial charge in [-0.15, -0.1) is 0 Å². The number of hydrogen-bond acceptors (Lipinski definition) is 6. The van der Waals surface area contributed by atoms with Crippen LogP contribution in [0.15, 0.2) is 72.8 Å². The summed E-state index contributed by atoms with van der Waals surface area (Å²) in [4.78, 5) is 66.0. The molecule has 1 aliphatic rings. The summed E-state index contributed by atoms with van der Waals surface area (Å²) in [6.45, 7) is 2.98. The van der Waals surface area contributed by atoms with Crippen LogP contribution in [-0.2, 0) is 14.1 Å². The van der Waals surface area contributed by atoms with E-state index in [-0.39, 0.29) is 31.9 Å². The van der Waals surface area contributed by atoms with Gasteiger partial charge in [-0.3, -0.25) is 14.2 Å². The second-order valence-corrected chi connectivity index (χ2v) is 11.7. The van der Waals surface area contributed by atoms with Gasteiger partial charge in [0.25, 0.3) is 5.91 Å². The molecular formula is C30H35N4O7P. The van der Waals surface area contributed by atoms with E-state index in [0.717, 1.165) is 29.5 Å². The van der Waals surface area contributed by atoms with Crippen LogP contribution in [0.2, 0.25) is 0 Å². The SMILES string of the molecule is CCCCOC(=O)N1CCN(C(=O)C(CP(=O)(O)O)NC(=O)c2cc(-c3ccccc3)cc(-c3ccccc3)n2)CC1. The average Bonchev–Trinajstić information content (AvgIpc) is 3.00. The lowest BCUT2D eigenvalue weighted by molar-refractivity contribution is -0.134. The van der Waals surface area contributed by atoms with E-state index < -0.39 is 37.7 Å². The van der Waals surface area contributed by atoms with Crippen molar-refractivity contribution in [2.75, 3.05) is 38.9 Å². The molecule has 1 atom stereocenters. The Morgan fingerprint density at radius 1 is 0.905 bits per heavy atom. The van der Waals surface area contributed by atoms with E-state index in [1.54, 1.807) is 6.07 Å². The van der Waals surface area contributed by atoms with Crippen LogP contribution >= 0.6 is 7.60 Å². The quantitative estimate of drug-likeness (QED) is 0.237. The summed E-state index contributed by atoms with van der Waals surface area (Å²) in [5.74, 6) is -1.39. The molecule has 2 heterocycles. The summed E-state index contributed by atoms with van der Waals surface area (Å²) >= 11 is 0. The molecule has 0 radical (unpaired) electrons. The smallest absolute Gasteiger partial charge is 0.409 e. The van der Waals surface area contributed by atoms with E-state index in [4.69, 9.17) is 4.74 Å². The Kier molecular flexibility index (Phi) is 10.5. The topological polar surface area (TPSA) is 149 Å². The Morgan fingerprint density at radius 3 is 2.10 bits per heavy atom. The average molecular weight is 595 g/mol. The lowest BCUT2D eigenvalue weighted by Crippen LogP contribution is -2.56. The van der Waals surface area contributed by atoms with Crippen molar-refractivity contribution in [3.05, 3.63) is 78.5 Å². The highest BCUT2D eigenvalue weighted by molar-refractivity contribution is 7.51. The fourth-order valence-corrected chi connectivity index (χ4v) is 5.30. The number of carbonyl (C=O) groups is 3. The van der Waals surface area contributed by atoms with Crippen LogP contribution in [0.3, 0.4) is 0 Å². The van der Waals surface area contributed by atoms with E-state index in [9.17, 15) is 28.7 Å². The van der Waals surface area contributed by atoms with Crippen LogP contribution in [0.5, 0.6) is 0 Å². The van der Waals surface area contributed by atoms with Crippen molar-refractivity contribution in [2.24, 2.45) is 0 Å². The molecule has 1 saturated heterocycles. The van der Waals surface area contributed by atoms with Crippen LogP contribution in [0.1, 0.15) is 30.3 Å². The lowest BCUT2D eigenvalue weighted by atomic mass is 10.0. The number of carbonyl (C=O) groups excluding carboxylic acids is 3. The van der Waals surface area contributed by atoms with Gasteiger partial charge >= 0.3 is 13.7 Å². The first-order chi connectivity index (χ1) is 20.1. The van der Waals surface area contributed by atoms with Gasteiger partial charge in [0.1, 0.15) is 11.7 Å². The van der Waals surface area contributed by atoms with E-state index in [0.29, 0.717) is 12.3 Å². The third-order valence-electron chi connectivity index (χ3n) is 6.83. The Balaban J connectivity index is 1.54. The van der Waals surface area contributed by atoms with Gasteiger partial charge in [0, 0.05) is 31.7 Å². The number of benzene rings is 2. The molecule has 0 spiro atoms. The number of hydrogen-bond donors (Lipinski definition) is 3. The van der Waals surface area contributed by atoms with Gasteiger partial charge in [0.05, 0.1) is 18.5 Å². The molecule has 3 aromatic rings. The van der Waals surface area contributed by atoms with Crippen molar-refractivity contribution in [1.29, 1.82) is 0 Å². The first kappa shape index (κ1) is 30.9. The third kappa shape index (κ3) is 8.48. The van der Waals surface area contributed by atoms with E-state index in [1.807, 2.05) is 73.7 Å². The van der Waals surface area contributed by atoms with Crippen molar-refractivity contribution < 1.29 is 33.5 Å². The van der Waals surface area contributed by atoms with Gasteiger partial charge in [-0.05, 0) is 29.7 Å². The molecule has 11 nitrogen and oxygen atoms in total. The minimum absolute atomic E-state index is 0.00152. The molecule has 3 amide bonds. The summed E-state index contributed by atoms with van der Waals surface area (Å²) in [6, 6.07) is 20.6. The second-order valence-electron chi connectivity index (χ2n) is 10.0. The fraction of sp³-hybridized carbons (Fsp3) is 0.333. The maximum absolute atomic E-state index is 13.5. The molecule has 2 aromatic carbocycles. The molecule has 0 bridgehead atoms. The van der Waals surface area contributed by atoms with Crippen molar-refractivity contribution in [3.8, 4) is 22.4 Å². The molecule has 12 heteroatoms. The number of nitrogens with one attached hydrogen (secondary N) is 1. The predicted octanol–water partition coefficient (Wildman–Crippen LogP) is 3.77. The van der Waals surface area contributed by atoms with Gasteiger partial charge in [0.2, 0.25) is 5.91 Å². The second kappa shape index (κ2) is 14.2. The summed E-state index contributed by atoms with van der Waals surface area (Å²) < 4.78 is 17.2. The lowest BCUT2D eigenvalue weighted by Gasteiger charge is -2.36. The zero-order valence-electron chi connectivity index (χ0n) is 23.4. The molecule has 1 unspecified atom stereocenters. The van der Waals surface area contributed by atoms with Crippen molar-refractivity contribution in [2.45, 2.75) is 25.8 Å². The van der Waals surface area contributed by atoms with Crippen LogP contribution in [0, 0.1) is 0 Å². The van der Waals surface area contributed by atoms with Gasteiger partial charge < -0.3 is 29.6 Å². The Labute approximate surface area is 244 Å². The van der Waals surface area contributed by atoms with Crippen molar-refractivity contribution >= 4 is 25.5 Å². The minimum atomic E-state index is -4.70. The van der Waals surface area contributed by atoms with E-state index >= 15 is 0 Å². The van der Waals surface area contributed by atoms with Crippen molar-refractivity contribution in [3.63, 3.8) is 0 Å². The fourth-order valence-electron chi connectivity index (χ4n) is 4.58. The van der Waals surface area contributed by atoms with E-state index in [1.165, 1.54) is 9.80 Å². The summed E-state index contributed by atoms with van der Waals surface area (Å²) in [5.41, 5.74) is 2.87. The normalized spacial score (nSPS) is 14.3. The summed E-state index contributed by atoms with van der Waals surface area (Å²) in [7, 11) is -4.70. The summed E-state index contributed by atoms with van der Waals surface area (Å²) in [5, 5.41) is 2.52. The molecule has 4 rings (SSSR count). The molecule has 3 N–H and O–H groups in total. The molecule has 42 heavy (non-hydrogen) atoms. The monoisotopic (exact) mass is 594 g/mol. The predicted molar refractivity (Wildman–Crippen MR) is 158 cm³/mol. The minimum Gasteiger partial charge on any atom is -0.449 e. The number of nitrogens with zero attached hydrogens (tertiary/aromatic N) is 3. The number of piperazine rings is 1. The molecule has 1 aromatic heterocycles. The first-order valence-electron chi connectivity index (χ1n) is 13.8. The standard InChI is InChI=1S/C30H35N4O7P/c1-2-3-18-41-30(37)34-16-14-33(15-17-34)29(36)27(21-42(38,39)40)32-28(35)26-20-24(22-10-6-4-7-11-22)19-25(31-26)23-12-8-5-9-13-23/h4-13,19-20,27H,2-3,14-18,21H2,1H3,(H,32,35)(H2,38,39,40). The Morgan fingerprint density at radius 2 is 1.50 bits per heavy atom. The molecule has 1 fully saturated rings. The van der Waals surface area contributed by atoms with Gasteiger partial charge in [-0.25, -0.2) is 9.78 Å². The number of unbranched alkanes of at least 4 members (excludes halogenated alkanes) is 1. The maximum Gasteiger partial charge on any atom is 0.409 e. The van der Waals surface area contributed by atoms with Gasteiger partial charge in [0.15, 0.2) is 0 Å². The van der Waals surface area contributed by atoms with Crippen LogP contribution in [0.4, 0.5) is 4.79 Å². The number of rotatable bonds is 10. The number of ether oxygens (including phenoxy) is 1. The summed E-state index contributed by atoms with van der Waals surface area (Å²) in [6.07, 6.45) is 0.307. The number of amides is 3. The molecule has 222 valence electrons. The van der Waals surface area contributed by atoms with E-state index in [2.05, 4.69) is 10.3 Å². The van der Waals surface area contributed by atoms with Crippen LogP contribution < -0.4 is 5.32 Å². The number of pyridine rings is 1.